The third kappa shape index (κ3) is 4.66. The van der Waals surface area contributed by atoms with E-state index in [0.717, 1.165) is 48.1 Å². The zero-order valence-corrected chi connectivity index (χ0v) is 18.2. The highest BCUT2D eigenvalue weighted by Gasteiger charge is 2.26. The lowest BCUT2D eigenvalue weighted by molar-refractivity contribution is -0.128. The summed E-state index contributed by atoms with van der Waals surface area (Å²) in [5, 5.41) is 7.40. The van der Waals surface area contributed by atoms with E-state index in [4.69, 9.17) is 5.73 Å². The van der Waals surface area contributed by atoms with E-state index < -0.39 is 0 Å². The Morgan fingerprint density at radius 2 is 1.94 bits per heavy atom. The standard InChI is InChI=1S/C25H29N5O2/c1-3-21-22(17(2)26)10-11-23(21)28-25(32)20-13-27-30(16-20)15-19-8-6-18(7-9-19)14-29-12-4-5-24(29)31/h3,6-9,13,16,23H,1-2,4-5,10-12,14-15,26H2,(H,28,32). The van der Waals surface area contributed by atoms with Gasteiger partial charge < -0.3 is 16.0 Å². The topological polar surface area (TPSA) is 93.2 Å². The first kappa shape index (κ1) is 21.6. The smallest absolute Gasteiger partial charge is 0.254 e. The molecule has 2 aliphatic rings. The predicted molar refractivity (Wildman–Crippen MR) is 123 cm³/mol. The maximum Gasteiger partial charge on any atom is 0.254 e. The first-order valence-electron chi connectivity index (χ1n) is 10.9. The third-order valence-corrected chi connectivity index (χ3v) is 6.13. The van der Waals surface area contributed by atoms with Crippen LogP contribution >= 0.6 is 0 Å². The van der Waals surface area contributed by atoms with Crippen molar-refractivity contribution in [2.45, 2.75) is 44.8 Å². The molecule has 3 N–H and O–H groups in total. The Bertz CT molecular complexity index is 1080. The Morgan fingerprint density at radius 3 is 2.56 bits per heavy atom. The van der Waals surface area contributed by atoms with Gasteiger partial charge in [0.15, 0.2) is 0 Å². The van der Waals surface area contributed by atoms with E-state index in [1.165, 1.54) is 0 Å². The SMILES string of the molecule is C=CC1=C(C(=C)N)CCC1NC(=O)c1cnn(Cc2ccc(CN3CCCC3=O)cc2)c1. The van der Waals surface area contributed by atoms with E-state index in [-0.39, 0.29) is 17.9 Å². The van der Waals surface area contributed by atoms with E-state index in [0.29, 0.717) is 30.8 Å². The van der Waals surface area contributed by atoms with Gasteiger partial charge in [-0.25, -0.2) is 0 Å². The number of nitrogens with zero attached hydrogens (tertiary/aromatic N) is 3. The fourth-order valence-electron chi connectivity index (χ4n) is 4.40. The molecule has 1 atom stereocenters. The molecule has 7 heteroatoms. The minimum atomic E-state index is -0.171. The number of hydrogen-bond acceptors (Lipinski definition) is 4. The van der Waals surface area contributed by atoms with Crippen molar-refractivity contribution in [3.63, 3.8) is 0 Å². The van der Waals surface area contributed by atoms with Crippen LogP contribution in [0, 0.1) is 0 Å². The van der Waals surface area contributed by atoms with Gasteiger partial charge in [-0.15, -0.1) is 0 Å². The normalized spacial score (nSPS) is 18.3. The number of allylic oxidation sites excluding steroid dienone is 1. The van der Waals surface area contributed by atoms with Crippen molar-refractivity contribution in [3.05, 3.63) is 89.4 Å². The van der Waals surface area contributed by atoms with Gasteiger partial charge in [0.2, 0.25) is 5.91 Å². The first-order valence-corrected chi connectivity index (χ1v) is 10.9. The van der Waals surface area contributed by atoms with Gasteiger partial charge in [-0.1, -0.05) is 43.5 Å². The van der Waals surface area contributed by atoms with Gasteiger partial charge in [0, 0.05) is 31.4 Å². The minimum absolute atomic E-state index is 0.117. The highest BCUT2D eigenvalue weighted by molar-refractivity contribution is 5.94. The molecule has 0 radical (unpaired) electrons. The molecule has 1 aliphatic heterocycles. The van der Waals surface area contributed by atoms with Crippen molar-refractivity contribution < 1.29 is 9.59 Å². The van der Waals surface area contributed by atoms with Crippen LogP contribution < -0.4 is 11.1 Å². The lowest BCUT2D eigenvalue weighted by Gasteiger charge is -2.15. The zero-order valence-electron chi connectivity index (χ0n) is 18.2. The molecule has 1 saturated heterocycles. The van der Waals surface area contributed by atoms with Crippen LogP contribution in [0.5, 0.6) is 0 Å². The Labute approximate surface area is 188 Å². The summed E-state index contributed by atoms with van der Waals surface area (Å²) in [5.41, 5.74) is 11.0. The van der Waals surface area contributed by atoms with Crippen molar-refractivity contribution in [2.75, 3.05) is 6.54 Å². The van der Waals surface area contributed by atoms with Crippen molar-refractivity contribution >= 4 is 11.8 Å². The molecule has 0 bridgehead atoms. The molecule has 2 heterocycles. The Morgan fingerprint density at radius 1 is 1.22 bits per heavy atom. The molecule has 32 heavy (non-hydrogen) atoms. The van der Waals surface area contributed by atoms with Crippen LogP contribution in [0.4, 0.5) is 0 Å². The number of nitrogens with one attached hydrogen (secondary N) is 1. The highest BCUT2D eigenvalue weighted by Crippen LogP contribution is 2.30. The number of carbonyl (C=O) groups excluding carboxylic acids is 2. The molecular formula is C25H29N5O2. The quantitative estimate of drug-likeness (QED) is 0.672. The summed E-state index contributed by atoms with van der Waals surface area (Å²) in [7, 11) is 0. The van der Waals surface area contributed by atoms with Crippen LogP contribution in [0.15, 0.2) is 72.7 Å². The molecule has 0 spiro atoms. The van der Waals surface area contributed by atoms with Crippen LogP contribution in [0.1, 0.15) is 47.2 Å². The first-order chi connectivity index (χ1) is 15.4. The molecule has 2 amide bonds. The molecule has 1 aliphatic carbocycles. The summed E-state index contributed by atoms with van der Waals surface area (Å²) in [6, 6.07) is 8.05. The van der Waals surface area contributed by atoms with Gasteiger partial charge in [0.25, 0.3) is 5.91 Å². The van der Waals surface area contributed by atoms with Crippen LogP contribution in [-0.2, 0) is 17.9 Å². The fourth-order valence-corrected chi connectivity index (χ4v) is 4.40. The van der Waals surface area contributed by atoms with Crippen molar-refractivity contribution in [1.29, 1.82) is 0 Å². The number of carbonyl (C=O) groups is 2. The van der Waals surface area contributed by atoms with E-state index in [1.54, 1.807) is 23.2 Å². The van der Waals surface area contributed by atoms with Crippen LogP contribution in [0.2, 0.25) is 0 Å². The number of benzene rings is 1. The van der Waals surface area contributed by atoms with E-state index in [9.17, 15) is 9.59 Å². The van der Waals surface area contributed by atoms with Crippen LogP contribution in [-0.4, -0.2) is 39.1 Å². The summed E-state index contributed by atoms with van der Waals surface area (Å²) >= 11 is 0. The summed E-state index contributed by atoms with van der Waals surface area (Å²) in [6.45, 7) is 9.73. The van der Waals surface area contributed by atoms with Crippen LogP contribution in [0.3, 0.4) is 0 Å². The number of likely N-dealkylation sites (tertiary alicyclic amines) is 1. The summed E-state index contributed by atoms with van der Waals surface area (Å²) < 4.78 is 1.75. The molecular weight excluding hydrogens is 402 g/mol. The molecule has 1 aromatic carbocycles. The Kier molecular flexibility index (Phi) is 6.25. The maximum atomic E-state index is 12.7. The number of nitrogens with two attached hydrogens (primary N) is 1. The van der Waals surface area contributed by atoms with E-state index in [2.05, 4.69) is 23.6 Å². The molecule has 4 rings (SSSR count). The largest absolute Gasteiger partial charge is 0.399 e. The maximum absolute atomic E-state index is 12.7. The summed E-state index contributed by atoms with van der Waals surface area (Å²) in [4.78, 5) is 26.4. The average molecular weight is 432 g/mol. The molecule has 1 aromatic heterocycles. The Hall–Kier alpha value is -3.61. The molecule has 1 fully saturated rings. The van der Waals surface area contributed by atoms with E-state index in [1.807, 2.05) is 29.2 Å². The lowest BCUT2D eigenvalue weighted by Crippen LogP contribution is -2.34. The average Bonchev–Trinajstić information content (AvgIpc) is 3.50. The van der Waals surface area contributed by atoms with Crippen molar-refractivity contribution in [1.82, 2.24) is 20.0 Å². The minimum Gasteiger partial charge on any atom is -0.399 e. The van der Waals surface area contributed by atoms with Crippen molar-refractivity contribution in [3.8, 4) is 0 Å². The van der Waals surface area contributed by atoms with Crippen LogP contribution in [0.25, 0.3) is 0 Å². The van der Waals surface area contributed by atoms with Gasteiger partial charge in [-0.3, -0.25) is 14.3 Å². The molecule has 166 valence electrons. The fraction of sp³-hybridized carbons (Fsp3) is 0.320. The number of rotatable bonds is 8. The van der Waals surface area contributed by atoms with Crippen molar-refractivity contribution in [2.24, 2.45) is 5.73 Å². The second-order valence-corrected chi connectivity index (χ2v) is 8.39. The molecule has 7 nitrogen and oxygen atoms in total. The summed E-state index contributed by atoms with van der Waals surface area (Å²) in [6.07, 6.45) is 8.24. The highest BCUT2D eigenvalue weighted by atomic mass is 16.2. The Balaban J connectivity index is 1.35. The second kappa shape index (κ2) is 9.26. The van der Waals surface area contributed by atoms with Gasteiger partial charge in [0.05, 0.1) is 24.3 Å². The zero-order chi connectivity index (χ0) is 22.7. The molecule has 2 aromatic rings. The molecule has 1 unspecified atom stereocenters. The van der Waals surface area contributed by atoms with Gasteiger partial charge >= 0.3 is 0 Å². The van der Waals surface area contributed by atoms with Gasteiger partial charge in [0.1, 0.15) is 0 Å². The van der Waals surface area contributed by atoms with Gasteiger partial charge in [-0.05, 0) is 41.5 Å². The number of amides is 2. The third-order valence-electron chi connectivity index (χ3n) is 6.13. The summed E-state index contributed by atoms with van der Waals surface area (Å²) in [5.74, 6) is 0.0593. The van der Waals surface area contributed by atoms with Gasteiger partial charge in [-0.2, -0.15) is 5.10 Å². The molecule has 0 saturated carbocycles. The number of aromatic nitrogens is 2. The number of hydrogen-bond donors (Lipinski definition) is 2. The lowest BCUT2D eigenvalue weighted by atomic mass is 10.1. The second-order valence-electron chi connectivity index (χ2n) is 8.39. The van der Waals surface area contributed by atoms with E-state index >= 15 is 0 Å². The predicted octanol–water partition coefficient (Wildman–Crippen LogP) is 2.90. The monoisotopic (exact) mass is 431 g/mol.